The fourth-order valence-electron chi connectivity index (χ4n) is 2.49. The molecule has 0 spiro atoms. The molecule has 0 atom stereocenters. The molecule has 158 valence electrons. The second kappa shape index (κ2) is 8.76. The zero-order valence-electron chi connectivity index (χ0n) is 16.3. The van der Waals surface area contributed by atoms with E-state index in [0.29, 0.717) is 0 Å². The van der Waals surface area contributed by atoms with Crippen LogP contribution in [0.15, 0.2) is 44.2 Å². The molecular formula is C17H21N3O7S2. The van der Waals surface area contributed by atoms with E-state index in [-0.39, 0.29) is 41.4 Å². The van der Waals surface area contributed by atoms with Crippen LogP contribution in [0.3, 0.4) is 0 Å². The fourth-order valence-corrected chi connectivity index (χ4v) is 3.82. The van der Waals surface area contributed by atoms with Crippen LogP contribution >= 0.6 is 0 Å². The predicted molar refractivity (Wildman–Crippen MR) is 106 cm³/mol. The van der Waals surface area contributed by atoms with Crippen LogP contribution in [-0.2, 0) is 32.3 Å². The number of aromatic hydroxyl groups is 1. The van der Waals surface area contributed by atoms with Crippen LogP contribution in [0.4, 0.5) is 11.4 Å². The minimum absolute atomic E-state index is 0. The number of benzene rings is 1. The summed E-state index contributed by atoms with van der Waals surface area (Å²) in [5.41, 5.74) is -0.896. The third-order valence-electron chi connectivity index (χ3n) is 3.95. The highest BCUT2D eigenvalue weighted by molar-refractivity contribution is 7.90. The molecule has 0 unspecified atom stereocenters. The second-order valence-corrected chi connectivity index (χ2v) is 9.41. The number of hydrogen-bond donors (Lipinski definition) is 1. The van der Waals surface area contributed by atoms with E-state index < -0.39 is 37.1 Å². The molecule has 0 aliphatic rings. The molecule has 1 aromatic carbocycles. The number of pyridine rings is 1. The Kier molecular flexibility index (Phi) is 7.35. The summed E-state index contributed by atoms with van der Waals surface area (Å²) in [6, 6.07) is 5.42. The van der Waals surface area contributed by atoms with Gasteiger partial charge in [-0.15, -0.1) is 5.11 Å². The summed E-state index contributed by atoms with van der Waals surface area (Å²) < 4.78 is 57.2. The molecule has 1 heterocycles. The molecular weight excluding hydrogens is 422 g/mol. The van der Waals surface area contributed by atoms with Crippen LogP contribution in [0.2, 0.25) is 0 Å². The van der Waals surface area contributed by atoms with Crippen molar-refractivity contribution in [3.8, 4) is 5.88 Å². The number of rotatable bonds is 6. The third kappa shape index (κ3) is 5.65. The lowest BCUT2D eigenvalue weighted by Gasteiger charge is -2.16. The van der Waals surface area contributed by atoms with Gasteiger partial charge in [0.05, 0.1) is 26.5 Å². The quantitative estimate of drug-likeness (QED) is 0.407. The van der Waals surface area contributed by atoms with Gasteiger partial charge in [-0.3, -0.25) is 9.36 Å². The molecule has 0 bridgehead atoms. The first-order valence-corrected chi connectivity index (χ1v) is 11.4. The second-order valence-electron chi connectivity index (χ2n) is 5.99. The molecule has 1 N–H and O–H groups in total. The van der Waals surface area contributed by atoms with Gasteiger partial charge in [-0.2, -0.15) is 5.11 Å². The van der Waals surface area contributed by atoms with Gasteiger partial charge in [0, 0.05) is 25.8 Å². The molecule has 0 amide bonds. The van der Waals surface area contributed by atoms with Crippen molar-refractivity contribution in [1.82, 2.24) is 4.57 Å². The van der Waals surface area contributed by atoms with Crippen molar-refractivity contribution in [1.29, 1.82) is 0 Å². The summed E-state index contributed by atoms with van der Waals surface area (Å²) in [6.07, 6.45) is 1.06. The number of aromatic nitrogens is 1. The molecule has 0 aliphatic heterocycles. The van der Waals surface area contributed by atoms with Gasteiger partial charge in [0.15, 0.2) is 21.4 Å². The first-order valence-electron chi connectivity index (χ1n) is 7.95. The van der Waals surface area contributed by atoms with Crippen LogP contribution in [0.1, 0.15) is 18.1 Å². The Bertz CT molecular complexity index is 1200. The van der Waals surface area contributed by atoms with E-state index >= 15 is 0 Å². The summed E-state index contributed by atoms with van der Waals surface area (Å²) in [6.45, 7) is 2.92. The number of nitrogens with zero attached hydrogens (tertiary/aromatic N) is 3. The van der Waals surface area contributed by atoms with Gasteiger partial charge in [0.25, 0.3) is 5.56 Å². The smallest absolute Gasteiger partial charge is 0.281 e. The van der Waals surface area contributed by atoms with E-state index in [2.05, 4.69) is 10.2 Å². The minimum Gasteiger partial charge on any atom is -0.748 e. The minimum atomic E-state index is -4.72. The third-order valence-corrected chi connectivity index (χ3v) is 5.72. The summed E-state index contributed by atoms with van der Waals surface area (Å²) in [4.78, 5) is 12.6. The summed E-state index contributed by atoms with van der Waals surface area (Å²) >= 11 is 0. The van der Waals surface area contributed by atoms with Gasteiger partial charge in [-0.05, 0) is 43.7 Å². The Morgan fingerprint density at radius 1 is 1.10 bits per heavy atom. The highest BCUT2D eigenvalue weighted by Gasteiger charge is 2.20. The van der Waals surface area contributed by atoms with E-state index in [4.69, 9.17) is 0 Å². The lowest BCUT2D eigenvalue weighted by molar-refractivity contribution is 0.403. The SMILES string of the molecule is CCn1c(O)c(CS(=O)(=O)[O-])c(C)c(N=Nc2ccc(S(C)(=O)=O)cc2)c1=O.[CH3+]. The Morgan fingerprint density at radius 3 is 2.10 bits per heavy atom. The maximum atomic E-state index is 12.5. The average Bonchev–Trinajstić information content (AvgIpc) is 2.58. The van der Waals surface area contributed by atoms with E-state index in [9.17, 15) is 31.3 Å². The lowest BCUT2D eigenvalue weighted by atomic mass is 10.1. The topological polar surface area (TPSA) is 158 Å². The molecule has 2 rings (SSSR count). The van der Waals surface area contributed by atoms with Crippen LogP contribution in [-0.4, -0.2) is 37.3 Å². The van der Waals surface area contributed by atoms with Crippen LogP contribution in [0, 0.1) is 14.4 Å². The molecule has 10 nitrogen and oxygen atoms in total. The van der Waals surface area contributed by atoms with Crippen LogP contribution in [0.25, 0.3) is 0 Å². The molecule has 2 aromatic rings. The fraction of sp³-hybridized carbons (Fsp3) is 0.294. The standard InChI is InChI=1S/C16H19N3O7S2.CH3/c1-4-19-15(20)13(9-28(24,25)26)10(2)14(16(19)21)18-17-11-5-7-12(8-6-11)27(3,22)23;/h5-8,20H,4,9H2,1-3H3,(H,24,25,26);1H3/q;+1/p-1. The van der Waals surface area contributed by atoms with Crippen molar-refractivity contribution >= 4 is 31.3 Å². The summed E-state index contributed by atoms with van der Waals surface area (Å²) in [7, 11) is -8.09. The molecule has 0 aliphatic carbocycles. The van der Waals surface area contributed by atoms with Crippen LogP contribution < -0.4 is 5.56 Å². The summed E-state index contributed by atoms with van der Waals surface area (Å²) in [5, 5.41) is 17.9. The van der Waals surface area contributed by atoms with Gasteiger partial charge < -0.3 is 9.66 Å². The molecule has 12 heteroatoms. The van der Waals surface area contributed by atoms with Gasteiger partial charge in [-0.25, -0.2) is 16.8 Å². The molecule has 0 saturated heterocycles. The first kappa shape index (κ1) is 24.3. The van der Waals surface area contributed by atoms with Crippen LogP contribution in [0.5, 0.6) is 5.88 Å². The summed E-state index contributed by atoms with van der Waals surface area (Å²) in [5.74, 6) is -1.61. The van der Waals surface area contributed by atoms with Gasteiger partial charge in [0.1, 0.15) is 0 Å². The zero-order valence-corrected chi connectivity index (χ0v) is 17.9. The van der Waals surface area contributed by atoms with E-state index in [0.717, 1.165) is 10.8 Å². The number of hydrogen-bond acceptors (Lipinski definition) is 9. The monoisotopic (exact) mass is 443 g/mol. The molecule has 1 aromatic heterocycles. The molecule has 0 fully saturated rings. The zero-order chi connectivity index (χ0) is 21.3. The van der Waals surface area contributed by atoms with Crippen molar-refractivity contribution in [3.63, 3.8) is 0 Å². The Morgan fingerprint density at radius 2 is 1.66 bits per heavy atom. The number of azo groups is 1. The van der Waals surface area contributed by atoms with Gasteiger partial charge in [0.2, 0.25) is 0 Å². The van der Waals surface area contributed by atoms with E-state index in [1.54, 1.807) is 6.92 Å². The number of sulfone groups is 1. The van der Waals surface area contributed by atoms with Gasteiger partial charge >= 0.3 is 0 Å². The first-order chi connectivity index (χ1) is 12.8. The molecule has 29 heavy (non-hydrogen) atoms. The molecule has 0 radical (unpaired) electrons. The van der Waals surface area contributed by atoms with Crippen molar-refractivity contribution < 1.29 is 26.5 Å². The maximum Gasteiger partial charge on any atom is 0.281 e. The van der Waals surface area contributed by atoms with Gasteiger partial charge in [-0.1, -0.05) is 0 Å². The average molecular weight is 444 g/mol. The highest BCUT2D eigenvalue weighted by Crippen LogP contribution is 2.29. The van der Waals surface area contributed by atoms with Crippen molar-refractivity contribution in [3.05, 3.63) is 53.2 Å². The Hall–Kier alpha value is -2.70. The normalized spacial score (nSPS) is 12.1. The molecule has 0 saturated carbocycles. The maximum absolute atomic E-state index is 12.5. The van der Waals surface area contributed by atoms with Crippen molar-refractivity contribution in [2.24, 2.45) is 10.2 Å². The Balaban J connectivity index is 0.00000420. The largest absolute Gasteiger partial charge is 0.748 e. The predicted octanol–water partition coefficient (Wildman–Crippen LogP) is 2.20. The van der Waals surface area contributed by atoms with Crippen molar-refractivity contribution in [2.75, 3.05) is 6.26 Å². The van der Waals surface area contributed by atoms with Crippen molar-refractivity contribution in [2.45, 2.75) is 31.0 Å². The Labute approximate surface area is 169 Å². The highest BCUT2D eigenvalue weighted by atomic mass is 32.2. The van der Waals surface area contributed by atoms with E-state index in [1.165, 1.54) is 31.2 Å². The lowest BCUT2D eigenvalue weighted by Crippen LogP contribution is -2.22. The van der Waals surface area contributed by atoms with E-state index in [1.807, 2.05) is 0 Å².